The van der Waals surface area contributed by atoms with Crippen LogP contribution in [-0.2, 0) is 5.54 Å². The van der Waals surface area contributed by atoms with Crippen LogP contribution in [0.15, 0.2) is 4.52 Å². The van der Waals surface area contributed by atoms with Gasteiger partial charge in [0.25, 0.3) is 0 Å². The Morgan fingerprint density at radius 1 is 0.900 bits per heavy atom. The van der Waals surface area contributed by atoms with E-state index < -0.39 is 0 Å². The third kappa shape index (κ3) is 3.05. The minimum absolute atomic E-state index is 0.369. The van der Waals surface area contributed by atoms with Gasteiger partial charge in [-0.3, -0.25) is 0 Å². The quantitative estimate of drug-likeness (QED) is 0.829. The van der Waals surface area contributed by atoms with E-state index in [1.54, 1.807) is 0 Å². The van der Waals surface area contributed by atoms with Crippen molar-refractivity contribution >= 4 is 0 Å². The maximum absolute atomic E-state index is 6.56. The molecule has 3 rings (SSSR count). The van der Waals surface area contributed by atoms with Crippen molar-refractivity contribution in [1.82, 2.24) is 10.1 Å². The number of rotatable bonds is 2. The standard InChI is InChI=1S/C16H27N3O/c17-16(11-7-3-4-8-12-16)15-18-14(19-20-15)13-9-5-1-2-6-10-13/h13H,1-12,17H2. The second kappa shape index (κ2) is 6.25. The van der Waals surface area contributed by atoms with Gasteiger partial charge in [0.05, 0.1) is 5.54 Å². The van der Waals surface area contributed by atoms with E-state index in [2.05, 4.69) is 5.16 Å². The predicted molar refractivity (Wildman–Crippen MR) is 78.3 cm³/mol. The highest BCUT2D eigenvalue weighted by Gasteiger charge is 2.35. The van der Waals surface area contributed by atoms with Gasteiger partial charge in [0.15, 0.2) is 5.82 Å². The molecule has 4 nitrogen and oxygen atoms in total. The number of nitrogens with zero attached hydrogens (tertiary/aromatic N) is 2. The van der Waals surface area contributed by atoms with Crippen LogP contribution in [0.25, 0.3) is 0 Å². The van der Waals surface area contributed by atoms with Crippen LogP contribution in [0.3, 0.4) is 0 Å². The van der Waals surface area contributed by atoms with Crippen molar-refractivity contribution in [3.63, 3.8) is 0 Å². The topological polar surface area (TPSA) is 64.9 Å². The van der Waals surface area contributed by atoms with Crippen LogP contribution in [0.4, 0.5) is 0 Å². The summed E-state index contributed by atoms with van der Waals surface area (Å²) >= 11 is 0. The molecule has 1 heterocycles. The molecule has 0 saturated heterocycles. The van der Waals surface area contributed by atoms with Gasteiger partial charge in [-0.05, 0) is 25.7 Å². The van der Waals surface area contributed by atoms with E-state index in [1.807, 2.05) is 0 Å². The van der Waals surface area contributed by atoms with Crippen molar-refractivity contribution in [2.75, 3.05) is 0 Å². The Kier molecular flexibility index (Phi) is 4.39. The lowest BCUT2D eigenvalue weighted by atomic mass is 9.91. The normalized spacial score (nSPS) is 25.1. The van der Waals surface area contributed by atoms with Crippen LogP contribution in [0.1, 0.15) is 94.7 Å². The van der Waals surface area contributed by atoms with Crippen molar-refractivity contribution in [2.24, 2.45) is 5.73 Å². The second-order valence-corrected chi connectivity index (χ2v) is 6.72. The number of aromatic nitrogens is 2. The largest absolute Gasteiger partial charge is 0.337 e. The maximum atomic E-state index is 6.56. The lowest BCUT2D eigenvalue weighted by Gasteiger charge is -2.22. The van der Waals surface area contributed by atoms with Crippen LogP contribution in [-0.4, -0.2) is 10.1 Å². The van der Waals surface area contributed by atoms with Gasteiger partial charge in [-0.25, -0.2) is 0 Å². The highest BCUT2D eigenvalue weighted by atomic mass is 16.5. The van der Waals surface area contributed by atoms with E-state index >= 15 is 0 Å². The fourth-order valence-electron chi connectivity index (χ4n) is 3.71. The molecule has 2 N–H and O–H groups in total. The zero-order valence-electron chi connectivity index (χ0n) is 12.4. The molecular weight excluding hydrogens is 250 g/mol. The summed E-state index contributed by atoms with van der Waals surface area (Å²) in [5.41, 5.74) is 6.19. The van der Waals surface area contributed by atoms with Gasteiger partial charge in [0.2, 0.25) is 5.89 Å². The lowest BCUT2D eigenvalue weighted by molar-refractivity contribution is 0.256. The van der Waals surface area contributed by atoms with Crippen molar-refractivity contribution in [1.29, 1.82) is 0 Å². The summed E-state index contributed by atoms with van der Waals surface area (Å²) in [7, 11) is 0. The van der Waals surface area contributed by atoms with Crippen molar-refractivity contribution in [3.05, 3.63) is 11.7 Å². The van der Waals surface area contributed by atoms with Crippen molar-refractivity contribution < 1.29 is 4.52 Å². The van der Waals surface area contributed by atoms with E-state index in [0.29, 0.717) is 11.8 Å². The Morgan fingerprint density at radius 2 is 1.50 bits per heavy atom. The summed E-state index contributed by atoms with van der Waals surface area (Å²) in [6, 6.07) is 0. The van der Waals surface area contributed by atoms with Crippen LogP contribution in [0, 0.1) is 0 Å². The fourth-order valence-corrected chi connectivity index (χ4v) is 3.71. The molecule has 0 atom stereocenters. The molecule has 2 aliphatic rings. The minimum Gasteiger partial charge on any atom is -0.337 e. The maximum Gasteiger partial charge on any atom is 0.246 e. The minimum atomic E-state index is -0.369. The molecule has 1 aromatic heterocycles. The molecule has 0 spiro atoms. The Morgan fingerprint density at radius 3 is 2.15 bits per heavy atom. The van der Waals surface area contributed by atoms with Gasteiger partial charge in [-0.2, -0.15) is 4.98 Å². The molecule has 0 radical (unpaired) electrons. The molecule has 0 bridgehead atoms. The summed E-state index contributed by atoms with van der Waals surface area (Å²) in [5, 5.41) is 4.27. The molecule has 2 saturated carbocycles. The SMILES string of the molecule is NC1(c2nc(C3CCCCCC3)no2)CCCCCC1. The summed E-state index contributed by atoms with van der Waals surface area (Å²) < 4.78 is 5.57. The number of hydrogen-bond donors (Lipinski definition) is 1. The third-order valence-corrected chi connectivity index (χ3v) is 5.08. The average Bonchev–Trinajstić information content (AvgIpc) is 2.66. The molecule has 20 heavy (non-hydrogen) atoms. The van der Waals surface area contributed by atoms with Crippen molar-refractivity contribution in [3.8, 4) is 0 Å². The summed E-state index contributed by atoms with van der Waals surface area (Å²) in [4.78, 5) is 4.71. The van der Waals surface area contributed by atoms with E-state index in [0.717, 1.165) is 18.7 Å². The molecule has 112 valence electrons. The predicted octanol–water partition coefficient (Wildman–Crippen LogP) is 4.02. The van der Waals surface area contributed by atoms with Gasteiger partial charge in [0.1, 0.15) is 0 Å². The first kappa shape index (κ1) is 14.1. The first-order valence-corrected chi connectivity index (χ1v) is 8.41. The fraction of sp³-hybridized carbons (Fsp3) is 0.875. The molecule has 0 amide bonds. The molecule has 2 fully saturated rings. The highest BCUT2D eigenvalue weighted by Crippen LogP contribution is 2.35. The van der Waals surface area contributed by atoms with E-state index in [-0.39, 0.29) is 5.54 Å². The first-order valence-electron chi connectivity index (χ1n) is 8.41. The zero-order chi connectivity index (χ0) is 13.8. The van der Waals surface area contributed by atoms with Crippen molar-refractivity contribution in [2.45, 2.75) is 88.5 Å². The molecule has 4 heteroatoms. The van der Waals surface area contributed by atoms with Gasteiger partial charge in [0, 0.05) is 5.92 Å². The van der Waals surface area contributed by atoms with Gasteiger partial charge >= 0.3 is 0 Å². The summed E-state index contributed by atoms with van der Waals surface area (Å²) in [6.07, 6.45) is 14.6. The lowest BCUT2D eigenvalue weighted by Crippen LogP contribution is -2.36. The number of nitrogens with two attached hydrogens (primary N) is 1. The van der Waals surface area contributed by atoms with E-state index in [9.17, 15) is 0 Å². The Hall–Kier alpha value is -0.900. The smallest absolute Gasteiger partial charge is 0.246 e. The van der Waals surface area contributed by atoms with Gasteiger partial charge < -0.3 is 10.3 Å². The molecular formula is C16H27N3O. The Bertz CT molecular complexity index is 413. The summed E-state index contributed by atoms with van der Waals surface area (Å²) in [6.45, 7) is 0. The molecule has 2 aliphatic carbocycles. The molecule has 1 aromatic rings. The Balaban J connectivity index is 1.74. The average molecular weight is 277 g/mol. The molecule has 0 aromatic carbocycles. The number of hydrogen-bond acceptors (Lipinski definition) is 4. The highest BCUT2D eigenvalue weighted by molar-refractivity contribution is 5.05. The molecule has 0 unspecified atom stereocenters. The van der Waals surface area contributed by atoms with Crippen LogP contribution < -0.4 is 5.73 Å². The second-order valence-electron chi connectivity index (χ2n) is 6.72. The van der Waals surface area contributed by atoms with Crippen LogP contribution in [0.5, 0.6) is 0 Å². The first-order chi connectivity index (χ1) is 9.78. The van der Waals surface area contributed by atoms with E-state index in [1.165, 1.54) is 64.2 Å². The zero-order valence-corrected chi connectivity index (χ0v) is 12.4. The Labute approximate surface area is 121 Å². The van der Waals surface area contributed by atoms with Gasteiger partial charge in [-0.15, -0.1) is 0 Å². The summed E-state index contributed by atoms with van der Waals surface area (Å²) in [5.74, 6) is 2.10. The molecule has 0 aliphatic heterocycles. The van der Waals surface area contributed by atoms with E-state index in [4.69, 9.17) is 15.2 Å². The third-order valence-electron chi connectivity index (χ3n) is 5.08. The van der Waals surface area contributed by atoms with Crippen LogP contribution in [0.2, 0.25) is 0 Å². The van der Waals surface area contributed by atoms with Gasteiger partial charge in [-0.1, -0.05) is 56.5 Å². The monoisotopic (exact) mass is 277 g/mol. The van der Waals surface area contributed by atoms with Crippen LogP contribution >= 0.6 is 0 Å².